The molecule has 0 aromatic carbocycles. The second kappa shape index (κ2) is 8.39. The summed E-state index contributed by atoms with van der Waals surface area (Å²) in [6.45, 7) is 3.60. The highest BCUT2D eigenvalue weighted by Gasteiger charge is 2.08. The summed E-state index contributed by atoms with van der Waals surface area (Å²) in [5.74, 6) is -0.126. The standard InChI is InChI=1S/C18H22N6O2/c1-2-6-23-7-5-14(10-23)8-20-18(26)12-24-11-17(21-22-24)15-3-4-16(13-25)19-9-15/h3-5,7,9-11,25H,2,6,8,12-13H2,1H3,(H,20,26). The van der Waals surface area contributed by atoms with Gasteiger partial charge in [-0.2, -0.15) is 0 Å². The van der Waals surface area contributed by atoms with Crippen molar-refractivity contribution in [2.45, 2.75) is 39.6 Å². The van der Waals surface area contributed by atoms with Crippen molar-refractivity contribution in [1.29, 1.82) is 0 Å². The Morgan fingerprint density at radius 3 is 2.88 bits per heavy atom. The molecule has 8 nitrogen and oxygen atoms in total. The van der Waals surface area contributed by atoms with E-state index in [0.717, 1.165) is 24.1 Å². The Kier molecular flexibility index (Phi) is 5.75. The van der Waals surface area contributed by atoms with Crippen molar-refractivity contribution in [3.63, 3.8) is 0 Å². The van der Waals surface area contributed by atoms with Gasteiger partial charge in [0.05, 0.1) is 18.5 Å². The van der Waals surface area contributed by atoms with E-state index in [-0.39, 0.29) is 19.1 Å². The molecular weight excluding hydrogens is 332 g/mol. The van der Waals surface area contributed by atoms with E-state index in [4.69, 9.17) is 5.11 Å². The third-order valence-corrected chi connectivity index (χ3v) is 3.91. The predicted octanol–water partition coefficient (Wildman–Crippen LogP) is 1.36. The van der Waals surface area contributed by atoms with Crippen molar-refractivity contribution in [1.82, 2.24) is 29.9 Å². The number of nitrogens with one attached hydrogen (secondary N) is 1. The molecule has 0 aliphatic rings. The van der Waals surface area contributed by atoms with Crippen LogP contribution in [-0.4, -0.2) is 35.6 Å². The molecule has 0 aliphatic heterocycles. The zero-order valence-electron chi connectivity index (χ0n) is 14.7. The maximum atomic E-state index is 12.1. The van der Waals surface area contributed by atoms with E-state index < -0.39 is 0 Å². The average Bonchev–Trinajstić information content (AvgIpc) is 3.30. The smallest absolute Gasteiger partial charge is 0.242 e. The van der Waals surface area contributed by atoms with Crippen LogP contribution in [0.3, 0.4) is 0 Å². The van der Waals surface area contributed by atoms with E-state index in [1.807, 2.05) is 24.5 Å². The monoisotopic (exact) mass is 354 g/mol. The lowest BCUT2D eigenvalue weighted by Gasteiger charge is -2.03. The van der Waals surface area contributed by atoms with Crippen LogP contribution in [0.25, 0.3) is 11.3 Å². The van der Waals surface area contributed by atoms with Gasteiger partial charge in [-0.25, -0.2) is 4.68 Å². The van der Waals surface area contributed by atoms with Crippen LogP contribution >= 0.6 is 0 Å². The average molecular weight is 354 g/mol. The van der Waals surface area contributed by atoms with Gasteiger partial charge < -0.3 is 15.0 Å². The zero-order valence-corrected chi connectivity index (χ0v) is 14.7. The van der Waals surface area contributed by atoms with Gasteiger partial charge >= 0.3 is 0 Å². The van der Waals surface area contributed by atoms with E-state index in [9.17, 15) is 4.79 Å². The highest BCUT2D eigenvalue weighted by Crippen LogP contribution is 2.15. The summed E-state index contributed by atoms with van der Waals surface area (Å²) < 4.78 is 3.61. The van der Waals surface area contributed by atoms with Crippen molar-refractivity contribution < 1.29 is 9.90 Å². The van der Waals surface area contributed by atoms with Crippen LogP contribution in [0.1, 0.15) is 24.6 Å². The minimum atomic E-state index is -0.126. The second-order valence-electron chi connectivity index (χ2n) is 6.03. The number of nitrogens with zero attached hydrogens (tertiary/aromatic N) is 5. The highest BCUT2D eigenvalue weighted by molar-refractivity contribution is 5.75. The molecule has 0 spiro atoms. The normalized spacial score (nSPS) is 10.8. The number of aliphatic hydroxyl groups excluding tert-OH is 1. The summed E-state index contributed by atoms with van der Waals surface area (Å²) >= 11 is 0. The first-order valence-electron chi connectivity index (χ1n) is 8.55. The minimum absolute atomic E-state index is 0.102. The number of amides is 1. The summed E-state index contributed by atoms with van der Waals surface area (Å²) in [6, 6.07) is 5.55. The Balaban J connectivity index is 1.53. The lowest BCUT2D eigenvalue weighted by atomic mass is 10.2. The summed E-state index contributed by atoms with van der Waals surface area (Å²) in [4.78, 5) is 16.2. The van der Waals surface area contributed by atoms with Gasteiger partial charge in [0.25, 0.3) is 0 Å². The van der Waals surface area contributed by atoms with Gasteiger partial charge in [-0.3, -0.25) is 9.78 Å². The highest BCUT2D eigenvalue weighted by atomic mass is 16.3. The topological polar surface area (TPSA) is 97.9 Å². The number of pyridine rings is 1. The fourth-order valence-corrected chi connectivity index (χ4v) is 2.57. The molecule has 0 saturated heterocycles. The lowest BCUT2D eigenvalue weighted by Crippen LogP contribution is -2.27. The van der Waals surface area contributed by atoms with Gasteiger partial charge in [0.15, 0.2) is 0 Å². The van der Waals surface area contributed by atoms with Crippen molar-refractivity contribution in [3.8, 4) is 11.3 Å². The van der Waals surface area contributed by atoms with Crippen LogP contribution in [0.2, 0.25) is 0 Å². The molecule has 0 radical (unpaired) electrons. The Bertz CT molecular complexity index is 853. The number of carbonyl (C=O) groups excluding carboxylic acids is 1. The van der Waals surface area contributed by atoms with Gasteiger partial charge in [0, 0.05) is 37.2 Å². The molecule has 0 fully saturated rings. The van der Waals surface area contributed by atoms with E-state index in [1.165, 1.54) is 4.68 Å². The van der Waals surface area contributed by atoms with Gasteiger partial charge in [-0.05, 0) is 30.2 Å². The first-order valence-corrected chi connectivity index (χ1v) is 8.55. The van der Waals surface area contributed by atoms with Gasteiger partial charge in [-0.1, -0.05) is 12.1 Å². The van der Waals surface area contributed by atoms with Gasteiger partial charge in [0.1, 0.15) is 12.2 Å². The van der Waals surface area contributed by atoms with Crippen LogP contribution in [0.5, 0.6) is 0 Å². The Hall–Kier alpha value is -3.00. The number of aliphatic hydroxyl groups is 1. The number of hydrogen-bond acceptors (Lipinski definition) is 5. The third kappa shape index (κ3) is 4.54. The largest absolute Gasteiger partial charge is 0.390 e. The number of carbonyl (C=O) groups is 1. The molecule has 1 amide bonds. The first kappa shape index (κ1) is 17.8. The molecule has 136 valence electrons. The molecule has 3 rings (SSSR count). The van der Waals surface area contributed by atoms with Gasteiger partial charge in [0.2, 0.25) is 5.91 Å². The van der Waals surface area contributed by atoms with Crippen LogP contribution in [0.15, 0.2) is 43.0 Å². The van der Waals surface area contributed by atoms with Gasteiger partial charge in [-0.15, -0.1) is 5.10 Å². The molecule has 0 aliphatic carbocycles. The quantitative estimate of drug-likeness (QED) is 0.636. The Morgan fingerprint density at radius 2 is 2.15 bits per heavy atom. The third-order valence-electron chi connectivity index (χ3n) is 3.91. The molecule has 0 unspecified atom stereocenters. The molecule has 0 bridgehead atoms. The summed E-state index contributed by atoms with van der Waals surface area (Å²) in [5.41, 5.74) is 3.08. The summed E-state index contributed by atoms with van der Waals surface area (Å²) in [6.07, 6.45) is 8.46. The molecule has 0 atom stereocenters. The van der Waals surface area contributed by atoms with Crippen LogP contribution in [0, 0.1) is 0 Å². The molecule has 26 heavy (non-hydrogen) atoms. The number of rotatable bonds is 8. The summed E-state index contributed by atoms with van der Waals surface area (Å²) in [5, 5.41) is 20.0. The Labute approximate surface area is 151 Å². The second-order valence-corrected chi connectivity index (χ2v) is 6.03. The molecule has 2 N–H and O–H groups in total. The maximum absolute atomic E-state index is 12.1. The minimum Gasteiger partial charge on any atom is -0.390 e. The zero-order chi connectivity index (χ0) is 18.4. The molecular formula is C18H22N6O2. The molecule has 3 aromatic rings. The molecule has 3 aromatic heterocycles. The van der Waals surface area contributed by atoms with Crippen molar-refractivity contribution in [3.05, 3.63) is 54.2 Å². The van der Waals surface area contributed by atoms with E-state index >= 15 is 0 Å². The van der Waals surface area contributed by atoms with Crippen LogP contribution < -0.4 is 5.32 Å². The van der Waals surface area contributed by atoms with E-state index in [1.54, 1.807) is 18.5 Å². The van der Waals surface area contributed by atoms with Crippen molar-refractivity contribution in [2.75, 3.05) is 0 Å². The Morgan fingerprint density at radius 1 is 1.27 bits per heavy atom. The summed E-state index contributed by atoms with van der Waals surface area (Å²) in [7, 11) is 0. The fraction of sp³-hybridized carbons (Fsp3) is 0.333. The predicted molar refractivity (Wildman–Crippen MR) is 95.7 cm³/mol. The first-order chi connectivity index (χ1) is 12.7. The van der Waals surface area contributed by atoms with Crippen molar-refractivity contribution >= 4 is 5.91 Å². The number of aryl methyl sites for hydroxylation is 1. The lowest BCUT2D eigenvalue weighted by molar-refractivity contribution is -0.122. The molecule has 8 heteroatoms. The maximum Gasteiger partial charge on any atom is 0.242 e. The fourth-order valence-electron chi connectivity index (χ4n) is 2.57. The van der Waals surface area contributed by atoms with E-state index in [2.05, 4.69) is 32.1 Å². The van der Waals surface area contributed by atoms with Crippen molar-refractivity contribution in [2.24, 2.45) is 0 Å². The number of hydrogen-bond donors (Lipinski definition) is 2. The van der Waals surface area contributed by atoms with E-state index in [0.29, 0.717) is 17.9 Å². The SMILES string of the molecule is CCCn1ccc(CNC(=O)Cn2cc(-c3ccc(CO)nc3)nn2)c1. The molecule has 0 saturated carbocycles. The van der Waals surface area contributed by atoms with Crippen LogP contribution in [-0.2, 0) is 31.0 Å². The number of aromatic nitrogens is 5. The van der Waals surface area contributed by atoms with Crippen LogP contribution in [0.4, 0.5) is 0 Å². The molecule has 3 heterocycles.